The molecule has 0 aliphatic heterocycles. The summed E-state index contributed by atoms with van der Waals surface area (Å²) >= 11 is 0. The molecule has 3 aromatic rings. The fourth-order valence-corrected chi connectivity index (χ4v) is 3.43. The highest BCUT2D eigenvalue weighted by Gasteiger charge is 2.11. The van der Waals surface area contributed by atoms with E-state index in [0.717, 1.165) is 34.4 Å². The third-order valence-electron chi connectivity index (χ3n) is 5.34. The van der Waals surface area contributed by atoms with Crippen molar-refractivity contribution >= 4 is 11.8 Å². The van der Waals surface area contributed by atoms with E-state index in [9.17, 15) is 9.59 Å². The molecule has 0 unspecified atom stereocenters. The fraction of sp³-hybridized carbons (Fsp3) is 0.296. The monoisotopic (exact) mass is 445 g/mol. The molecule has 0 radical (unpaired) electrons. The topological polar surface area (TPSA) is 80.3 Å². The van der Waals surface area contributed by atoms with Crippen molar-refractivity contribution in [2.24, 2.45) is 5.92 Å². The van der Waals surface area contributed by atoms with E-state index in [1.807, 2.05) is 54.6 Å². The lowest BCUT2D eigenvalue weighted by molar-refractivity contribution is -0.120. The third-order valence-corrected chi connectivity index (χ3v) is 5.34. The molecule has 3 rings (SSSR count). The zero-order valence-electron chi connectivity index (χ0n) is 19.4. The highest BCUT2D eigenvalue weighted by atomic mass is 16.5. The van der Waals surface area contributed by atoms with Crippen LogP contribution < -0.4 is 15.4 Å². The second-order valence-corrected chi connectivity index (χ2v) is 8.36. The van der Waals surface area contributed by atoms with Gasteiger partial charge in [0.15, 0.2) is 0 Å². The van der Waals surface area contributed by atoms with Crippen LogP contribution in [-0.2, 0) is 17.8 Å². The van der Waals surface area contributed by atoms with Gasteiger partial charge in [0.05, 0.1) is 19.1 Å². The van der Waals surface area contributed by atoms with E-state index in [1.165, 1.54) is 0 Å². The van der Waals surface area contributed by atoms with Crippen LogP contribution >= 0.6 is 0 Å². The van der Waals surface area contributed by atoms with Crippen LogP contribution in [0.5, 0.6) is 5.75 Å². The van der Waals surface area contributed by atoms with E-state index >= 15 is 0 Å². The molecule has 172 valence electrons. The lowest BCUT2D eigenvalue weighted by atomic mass is 9.99. The second kappa shape index (κ2) is 11.8. The summed E-state index contributed by atoms with van der Waals surface area (Å²) in [5, 5.41) is 5.94. The molecule has 2 aromatic carbocycles. The summed E-state index contributed by atoms with van der Waals surface area (Å²) in [6.45, 7) is 5.27. The lowest BCUT2D eigenvalue weighted by Crippen LogP contribution is -2.25. The van der Waals surface area contributed by atoms with Gasteiger partial charge in [0.1, 0.15) is 5.75 Å². The highest BCUT2D eigenvalue weighted by molar-refractivity contribution is 5.95. The van der Waals surface area contributed by atoms with Crippen LogP contribution in [-0.4, -0.2) is 30.5 Å². The SMILES string of the molecule is COc1ccc(CC(=O)NCc2ccccc2-c2cncc(C(=O)NCCC(C)C)c2)cc1. The van der Waals surface area contributed by atoms with Crippen molar-refractivity contribution in [1.82, 2.24) is 15.6 Å². The molecular formula is C27H31N3O3. The van der Waals surface area contributed by atoms with Gasteiger partial charge in [0.25, 0.3) is 5.91 Å². The first-order valence-corrected chi connectivity index (χ1v) is 11.2. The summed E-state index contributed by atoms with van der Waals surface area (Å²) in [5.41, 5.74) is 4.18. The number of nitrogens with zero attached hydrogens (tertiary/aromatic N) is 1. The first-order valence-electron chi connectivity index (χ1n) is 11.2. The molecule has 1 aromatic heterocycles. The second-order valence-electron chi connectivity index (χ2n) is 8.36. The number of ether oxygens (including phenoxy) is 1. The molecule has 0 saturated carbocycles. The minimum Gasteiger partial charge on any atom is -0.497 e. The average Bonchev–Trinajstić information content (AvgIpc) is 2.83. The maximum absolute atomic E-state index is 12.5. The predicted octanol–water partition coefficient (Wildman–Crippen LogP) is 4.39. The minimum atomic E-state index is -0.129. The van der Waals surface area contributed by atoms with Crippen molar-refractivity contribution in [1.29, 1.82) is 0 Å². The van der Waals surface area contributed by atoms with Gasteiger partial charge in [-0.05, 0) is 47.2 Å². The van der Waals surface area contributed by atoms with E-state index < -0.39 is 0 Å². The largest absolute Gasteiger partial charge is 0.497 e. The summed E-state index contributed by atoms with van der Waals surface area (Å²) in [6.07, 6.45) is 4.54. The Kier molecular flexibility index (Phi) is 8.58. The van der Waals surface area contributed by atoms with Gasteiger partial charge in [-0.2, -0.15) is 0 Å². The quantitative estimate of drug-likeness (QED) is 0.485. The molecule has 0 spiro atoms. The zero-order valence-corrected chi connectivity index (χ0v) is 19.4. The van der Waals surface area contributed by atoms with E-state index in [2.05, 4.69) is 29.5 Å². The molecule has 2 N–H and O–H groups in total. The summed E-state index contributed by atoms with van der Waals surface area (Å²) in [6, 6.07) is 17.1. The van der Waals surface area contributed by atoms with Crippen molar-refractivity contribution < 1.29 is 14.3 Å². The number of hydrogen-bond donors (Lipinski definition) is 2. The summed E-state index contributed by atoms with van der Waals surface area (Å²) in [7, 11) is 1.61. The van der Waals surface area contributed by atoms with E-state index in [-0.39, 0.29) is 11.8 Å². The van der Waals surface area contributed by atoms with Crippen LogP contribution in [0.1, 0.15) is 41.8 Å². The number of amides is 2. The number of hydrogen-bond acceptors (Lipinski definition) is 4. The molecule has 6 nitrogen and oxygen atoms in total. The Balaban J connectivity index is 1.66. The van der Waals surface area contributed by atoms with Crippen LogP contribution in [0, 0.1) is 5.92 Å². The Morgan fingerprint density at radius 1 is 1.00 bits per heavy atom. The van der Waals surface area contributed by atoms with Crippen molar-refractivity contribution in [2.75, 3.05) is 13.7 Å². The van der Waals surface area contributed by atoms with Gasteiger partial charge in [-0.15, -0.1) is 0 Å². The smallest absolute Gasteiger partial charge is 0.252 e. The van der Waals surface area contributed by atoms with Crippen molar-refractivity contribution in [3.8, 4) is 16.9 Å². The van der Waals surface area contributed by atoms with Gasteiger partial charge >= 0.3 is 0 Å². The minimum absolute atomic E-state index is 0.0635. The molecule has 6 heteroatoms. The standard InChI is InChI=1S/C27H31N3O3/c1-19(2)12-13-29-27(32)23-15-22(16-28-17-23)25-7-5-4-6-21(25)18-30-26(31)14-20-8-10-24(33-3)11-9-20/h4-11,15-17,19H,12-14,18H2,1-3H3,(H,29,32)(H,30,31). The molecule has 0 atom stereocenters. The van der Waals surface area contributed by atoms with Crippen molar-refractivity contribution in [3.63, 3.8) is 0 Å². The van der Waals surface area contributed by atoms with Crippen LogP contribution in [0.4, 0.5) is 0 Å². The van der Waals surface area contributed by atoms with E-state index in [0.29, 0.717) is 31.0 Å². The molecule has 0 aliphatic rings. The number of carbonyl (C=O) groups excluding carboxylic acids is 2. The Hall–Kier alpha value is -3.67. The van der Waals surface area contributed by atoms with Crippen molar-refractivity contribution in [2.45, 2.75) is 33.2 Å². The third kappa shape index (κ3) is 7.17. The zero-order chi connectivity index (χ0) is 23.6. The Morgan fingerprint density at radius 2 is 1.76 bits per heavy atom. The van der Waals surface area contributed by atoms with E-state index in [1.54, 1.807) is 19.5 Å². The van der Waals surface area contributed by atoms with Crippen molar-refractivity contribution in [3.05, 3.63) is 83.7 Å². The van der Waals surface area contributed by atoms with Gasteiger partial charge < -0.3 is 15.4 Å². The van der Waals surface area contributed by atoms with Gasteiger partial charge in [0, 0.05) is 31.0 Å². The molecule has 2 amide bonds. The first kappa shape index (κ1) is 24.0. The van der Waals surface area contributed by atoms with Gasteiger partial charge in [0.2, 0.25) is 5.91 Å². The number of rotatable bonds is 10. The lowest BCUT2D eigenvalue weighted by Gasteiger charge is -2.12. The molecule has 1 heterocycles. The number of benzene rings is 2. The van der Waals surface area contributed by atoms with Crippen LogP contribution in [0.15, 0.2) is 67.0 Å². The summed E-state index contributed by atoms with van der Waals surface area (Å²) in [5.74, 6) is 1.10. The Bertz CT molecular complexity index is 1080. The molecule has 0 fully saturated rings. The number of carbonyl (C=O) groups is 2. The molecular weight excluding hydrogens is 414 g/mol. The summed E-state index contributed by atoms with van der Waals surface area (Å²) < 4.78 is 5.16. The number of pyridine rings is 1. The maximum atomic E-state index is 12.5. The van der Waals surface area contributed by atoms with Crippen LogP contribution in [0.3, 0.4) is 0 Å². The number of aromatic nitrogens is 1. The van der Waals surface area contributed by atoms with Gasteiger partial charge in [-0.3, -0.25) is 14.6 Å². The van der Waals surface area contributed by atoms with Crippen LogP contribution in [0.2, 0.25) is 0 Å². The highest BCUT2D eigenvalue weighted by Crippen LogP contribution is 2.24. The van der Waals surface area contributed by atoms with Gasteiger partial charge in [-0.1, -0.05) is 50.2 Å². The molecule has 0 bridgehead atoms. The predicted molar refractivity (Wildman–Crippen MR) is 130 cm³/mol. The number of nitrogens with one attached hydrogen (secondary N) is 2. The normalized spacial score (nSPS) is 10.7. The van der Waals surface area contributed by atoms with Crippen LogP contribution in [0.25, 0.3) is 11.1 Å². The fourth-order valence-electron chi connectivity index (χ4n) is 3.43. The molecule has 33 heavy (non-hydrogen) atoms. The molecule has 0 saturated heterocycles. The average molecular weight is 446 g/mol. The Morgan fingerprint density at radius 3 is 2.48 bits per heavy atom. The van der Waals surface area contributed by atoms with E-state index in [4.69, 9.17) is 4.74 Å². The summed E-state index contributed by atoms with van der Waals surface area (Å²) in [4.78, 5) is 29.3. The molecule has 0 aliphatic carbocycles. The first-order chi connectivity index (χ1) is 16.0. The van der Waals surface area contributed by atoms with Gasteiger partial charge in [-0.25, -0.2) is 0 Å². The number of methoxy groups -OCH3 is 1. The maximum Gasteiger partial charge on any atom is 0.252 e. The Labute approximate surface area is 195 Å².